The van der Waals surface area contributed by atoms with Gasteiger partial charge in [0.2, 0.25) is 0 Å². The topological polar surface area (TPSA) is 72.2 Å². The molecule has 0 amide bonds. The van der Waals surface area contributed by atoms with Crippen molar-refractivity contribution < 1.29 is 8.42 Å². The number of hydrogen-bond donors (Lipinski definition) is 2. The fourth-order valence-electron chi connectivity index (χ4n) is 2.69. The van der Waals surface area contributed by atoms with E-state index in [0.29, 0.717) is 5.69 Å². The highest BCUT2D eigenvalue weighted by molar-refractivity contribution is 7.90. The zero-order valence-corrected chi connectivity index (χ0v) is 12.7. The van der Waals surface area contributed by atoms with Crippen LogP contribution in [0.2, 0.25) is 0 Å². The molecule has 3 N–H and O–H groups in total. The Bertz CT molecular complexity index is 798. The molecule has 0 spiro atoms. The van der Waals surface area contributed by atoms with Gasteiger partial charge in [-0.3, -0.25) is 0 Å². The average Bonchev–Trinajstić information content (AvgIpc) is 2.87. The minimum absolute atomic E-state index is 0.236. The second kappa shape index (κ2) is 5.07. The van der Waals surface area contributed by atoms with Gasteiger partial charge in [0.15, 0.2) is 9.84 Å². The maximum absolute atomic E-state index is 11.5. The Labute approximate surface area is 124 Å². The first-order valence-corrected chi connectivity index (χ1v) is 8.81. The van der Waals surface area contributed by atoms with Crippen LogP contribution in [0.1, 0.15) is 17.5 Å². The van der Waals surface area contributed by atoms with Crippen LogP contribution < -0.4 is 11.1 Å². The number of nitrogens with two attached hydrogens (primary N) is 1. The number of fused-ring (bicyclic) bond motifs is 1. The second-order valence-electron chi connectivity index (χ2n) is 5.48. The van der Waals surface area contributed by atoms with E-state index in [4.69, 9.17) is 5.73 Å². The first-order chi connectivity index (χ1) is 9.93. The predicted molar refractivity (Wildman–Crippen MR) is 85.7 cm³/mol. The Hall–Kier alpha value is -2.01. The van der Waals surface area contributed by atoms with Gasteiger partial charge >= 0.3 is 0 Å². The summed E-state index contributed by atoms with van der Waals surface area (Å²) in [6.07, 6.45) is 4.66. The van der Waals surface area contributed by atoms with Crippen LogP contribution in [0.15, 0.2) is 41.3 Å². The molecular weight excluding hydrogens is 284 g/mol. The van der Waals surface area contributed by atoms with Gasteiger partial charge in [0, 0.05) is 11.9 Å². The molecule has 0 fully saturated rings. The molecule has 0 radical (unpaired) electrons. The molecule has 0 saturated carbocycles. The molecule has 0 atom stereocenters. The minimum atomic E-state index is -3.23. The lowest BCUT2D eigenvalue weighted by Gasteiger charge is -2.12. The molecule has 0 saturated heterocycles. The van der Waals surface area contributed by atoms with E-state index >= 15 is 0 Å². The number of nitrogen functional groups attached to an aromatic ring is 1. The van der Waals surface area contributed by atoms with E-state index in [0.717, 1.165) is 24.2 Å². The van der Waals surface area contributed by atoms with Crippen molar-refractivity contribution in [1.29, 1.82) is 0 Å². The Morgan fingerprint density at radius 3 is 2.52 bits per heavy atom. The standard InChI is InChI=1S/C16H18N2O2S/c1-21(19,20)14-7-8-16(15(17)10-14)18-13-6-5-11-3-2-4-12(11)9-13/h5-10,18H,2-4,17H2,1H3. The van der Waals surface area contributed by atoms with Crippen LogP contribution in [0.25, 0.3) is 0 Å². The molecule has 5 heteroatoms. The second-order valence-corrected chi connectivity index (χ2v) is 7.50. The maximum atomic E-state index is 11.5. The summed E-state index contributed by atoms with van der Waals surface area (Å²) >= 11 is 0. The van der Waals surface area contributed by atoms with Crippen molar-refractivity contribution in [1.82, 2.24) is 0 Å². The first-order valence-electron chi connectivity index (χ1n) is 6.92. The summed E-state index contributed by atoms with van der Waals surface area (Å²) in [5.41, 5.74) is 10.9. The van der Waals surface area contributed by atoms with Crippen molar-refractivity contribution in [2.24, 2.45) is 0 Å². The fourth-order valence-corrected chi connectivity index (χ4v) is 3.35. The zero-order valence-electron chi connectivity index (χ0n) is 11.9. The lowest BCUT2D eigenvalue weighted by atomic mass is 10.1. The number of aryl methyl sites for hydroxylation is 2. The smallest absolute Gasteiger partial charge is 0.175 e. The maximum Gasteiger partial charge on any atom is 0.175 e. The van der Waals surface area contributed by atoms with Crippen LogP contribution in [0.3, 0.4) is 0 Å². The number of hydrogen-bond acceptors (Lipinski definition) is 4. The van der Waals surface area contributed by atoms with Crippen molar-refractivity contribution >= 4 is 26.9 Å². The van der Waals surface area contributed by atoms with Gasteiger partial charge in [0.1, 0.15) is 0 Å². The summed E-state index contributed by atoms with van der Waals surface area (Å²) < 4.78 is 23.0. The molecule has 0 unspecified atom stereocenters. The van der Waals surface area contributed by atoms with E-state index in [2.05, 4.69) is 17.4 Å². The van der Waals surface area contributed by atoms with Crippen molar-refractivity contribution in [2.45, 2.75) is 24.2 Å². The van der Waals surface area contributed by atoms with Crippen LogP contribution in [0.5, 0.6) is 0 Å². The van der Waals surface area contributed by atoms with E-state index in [1.54, 1.807) is 12.1 Å². The van der Waals surface area contributed by atoms with E-state index in [1.165, 1.54) is 29.9 Å². The lowest BCUT2D eigenvalue weighted by molar-refractivity contribution is 0.602. The predicted octanol–water partition coefficient (Wildman–Crippen LogP) is 2.90. The Morgan fingerprint density at radius 1 is 1.05 bits per heavy atom. The summed E-state index contributed by atoms with van der Waals surface area (Å²) in [5, 5.41) is 3.26. The highest BCUT2D eigenvalue weighted by atomic mass is 32.2. The van der Waals surface area contributed by atoms with Gasteiger partial charge < -0.3 is 11.1 Å². The van der Waals surface area contributed by atoms with Crippen molar-refractivity contribution in [3.8, 4) is 0 Å². The summed E-state index contributed by atoms with van der Waals surface area (Å²) in [6.45, 7) is 0. The number of sulfone groups is 1. The first kappa shape index (κ1) is 13.9. The zero-order chi connectivity index (χ0) is 15.0. The fraction of sp³-hybridized carbons (Fsp3) is 0.250. The third-order valence-corrected chi connectivity index (χ3v) is 4.94. The number of rotatable bonds is 3. The largest absolute Gasteiger partial charge is 0.397 e. The molecule has 21 heavy (non-hydrogen) atoms. The number of anilines is 3. The normalized spacial score (nSPS) is 14.0. The highest BCUT2D eigenvalue weighted by Crippen LogP contribution is 2.29. The van der Waals surface area contributed by atoms with Gasteiger partial charge in [0.05, 0.1) is 16.3 Å². The van der Waals surface area contributed by atoms with Crippen molar-refractivity contribution in [3.63, 3.8) is 0 Å². The molecular formula is C16H18N2O2S. The number of benzene rings is 2. The third kappa shape index (κ3) is 2.88. The van der Waals surface area contributed by atoms with Crippen molar-refractivity contribution in [2.75, 3.05) is 17.3 Å². The Kier molecular flexibility index (Phi) is 3.37. The highest BCUT2D eigenvalue weighted by Gasteiger charge is 2.12. The molecule has 1 aliphatic carbocycles. The van der Waals surface area contributed by atoms with E-state index < -0.39 is 9.84 Å². The summed E-state index contributed by atoms with van der Waals surface area (Å²) in [5.74, 6) is 0. The lowest BCUT2D eigenvalue weighted by Crippen LogP contribution is -2.01. The van der Waals surface area contributed by atoms with Crippen LogP contribution in [0, 0.1) is 0 Å². The molecule has 0 heterocycles. The van der Waals surface area contributed by atoms with Crippen LogP contribution in [0.4, 0.5) is 17.1 Å². The molecule has 2 aromatic carbocycles. The van der Waals surface area contributed by atoms with Gasteiger partial charge in [-0.15, -0.1) is 0 Å². The van der Waals surface area contributed by atoms with E-state index in [-0.39, 0.29) is 4.90 Å². The van der Waals surface area contributed by atoms with Crippen LogP contribution in [-0.2, 0) is 22.7 Å². The summed E-state index contributed by atoms with van der Waals surface area (Å²) in [7, 11) is -3.23. The van der Waals surface area contributed by atoms with Gasteiger partial charge in [-0.2, -0.15) is 0 Å². The van der Waals surface area contributed by atoms with Crippen LogP contribution in [-0.4, -0.2) is 14.7 Å². The molecule has 3 rings (SSSR count). The van der Waals surface area contributed by atoms with Crippen molar-refractivity contribution in [3.05, 3.63) is 47.5 Å². The summed E-state index contributed by atoms with van der Waals surface area (Å²) in [4.78, 5) is 0.236. The van der Waals surface area contributed by atoms with Gasteiger partial charge in [-0.25, -0.2) is 8.42 Å². The molecule has 110 valence electrons. The molecule has 4 nitrogen and oxygen atoms in total. The van der Waals surface area contributed by atoms with Gasteiger partial charge in [-0.05, 0) is 60.7 Å². The van der Waals surface area contributed by atoms with Gasteiger partial charge in [0.25, 0.3) is 0 Å². The number of nitrogens with one attached hydrogen (secondary N) is 1. The minimum Gasteiger partial charge on any atom is -0.397 e. The molecule has 0 aliphatic heterocycles. The summed E-state index contributed by atoms with van der Waals surface area (Å²) in [6, 6.07) is 11.1. The average molecular weight is 302 g/mol. The monoisotopic (exact) mass is 302 g/mol. The molecule has 2 aromatic rings. The van der Waals surface area contributed by atoms with E-state index in [1.807, 2.05) is 6.07 Å². The molecule has 0 bridgehead atoms. The SMILES string of the molecule is CS(=O)(=O)c1ccc(Nc2ccc3c(c2)CCC3)c(N)c1. The Balaban J connectivity index is 1.88. The quantitative estimate of drug-likeness (QED) is 0.855. The Morgan fingerprint density at radius 2 is 1.81 bits per heavy atom. The third-order valence-electron chi connectivity index (χ3n) is 3.83. The van der Waals surface area contributed by atoms with E-state index in [9.17, 15) is 8.42 Å². The molecule has 0 aromatic heterocycles. The van der Waals surface area contributed by atoms with Crippen LogP contribution >= 0.6 is 0 Å². The van der Waals surface area contributed by atoms with Gasteiger partial charge in [-0.1, -0.05) is 6.07 Å². The molecule has 1 aliphatic rings.